The van der Waals surface area contributed by atoms with E-state index in [1.54, 1.807) is 6.07 Å². The first-order valence-electron chi connectivity index (χ1n) is 6.64. The number of H-pyrrole nitrogens is 1. The van der Waals surface area contributed by atoms with E-state index in [9.17, 15) is 8.78 Å². The number of aromatic nitrogens is 4. The molecule has 1 fully saturated rings. The van der Waals surface area contributed by atoms with Crippen molar-refractivity contribution in [3.8, 4) is 17.1 Å². The van der Waals surface area contributed by atoms with E-state index in [0.29, 0.717) is 11.4 Å². The summed E-state index contributed by atoms with van der Waals surface area (Å²) in [4.78, 5) is 3.92. The van der Waals surface area contributed by atoms with E-state index in [1.807, 2.05) is 0 Å². The molecule has 0 saturated heterocycles. The highest BCUT2D eigenvalue weighted by molar-refractivity contribution is 5.54. The fourth-order valence-electron chi connectivity index (χ4n) is 2.20. The number of alkyl halides is 2. The summed E-state index contributed by atoms with van der Waals surface area (Å²) >= 11 is 0. The Balaban J connectivity index is 1.82. The van der Waals surface area contributed by atoms with Crippen molar-refractivity contribution in [1.29, 1.82) is 0 Å². The number of hydrogen-bond donors (Lipinski definition) is 2. The van der Waals surface area contributed by atoms with Gasteiger partial charge in [0.15, 0.2) is 0 Å². The molecule has 2 aromatic rings. The Kier molecular flexibility index (Phi) is 3.54. The van der Waals surface area contributed by atoms with Gasteiger partial charge in [0.25, 0.3) is 6.43 Å². The second kappa shape index (κ2) is 5.36. The Morgan fingerprint density at radius 2 is 2.14 bits per heavy atom. The summed E-state index contributed by atoms with van der Waals surface area (Å²) in [6.45, 7) is 0.220. The molecule has 8 heteroatoms. The van der Waals surface area contributed by atoms with Crippen molar-refractivity contribution in [2.24, 2.45) is 5.73 Å². The lowest BCUT2D eigenvalue weighted by atomic mass is 9.78. The second-order valence-corrected chi connectivity index (χ2v) is 5.24. The average Bonchev–Trinajstić information content (AvgIpc) is 2.97. The zero-order valence-electron chi connectivity index (χ0n) is 11.2. The summed E-state index contributed by atoms with van der Waals surface area (Å²) in [6.07, 6.45) is 1.43. The lowest BCUT2D eigenvalue weighted by Gasteiger charge is -2.37. The molecule has 1 saturated carbocycles. The predicted molar refractivity (Wildman–Crippen MR) is 70.8 cm³/mol. The van der Waals surface area contributed by atoms with Crippen LogP contribution in [0.5, 0.6) is 5.75 Å². The summed E-state index contributed by atoms with van der Waals surface area (Å²) in [5, 5.41) is 9.87. The van der Waals surface area contributed by atoms with Crippen molar-refractivity contribution in [3.63, 3.8) is 0 Å². The number of hydrogen-bond acceptors (Lipinski definition) is 5. The smallest absolute Gasteiger partial charge is 0.284 e. The van der Waals surface area contributed by atoms with Crippen LogP contribution in [0.3, 0.4) is 0 Å². The van der Waals surface area contributed by atoms with Crippen molar-refractivity contribution in [3.05, 3.63) is 24.0 Å². The summed E-state index contributed by atoms with van der Waals surface area (Å²) in [5.41, 5.74) is 5.94. The molecule has 0 atom stereocenters. The largest absolute Gasteiger partial charge is 0.490 e. The van der Waals surface area contributed by atoms with Crippen LogP contribution in [-0.4, -0.2) is 32.5 Å². The second-order valence-electron chi connectivity index (χ2n) is 5.24. The molecule has 0 unspecified atom stereocenters. The molecule has 2 heterocycles. The molecule has 6 nitrogen and oxygen atoms in total. The van der Waals surface area contributed by atoms with Gasteiger partial charge in [0.1, 0.15) is 23.7 Å². The van der Waals surface area contributed by atoms with Crippen molar-refractivity contribution in [2.45, 2.75) is 31.2 Å². The van der Waals surface area contributed by atoms with Gasteiger partial charge in [-0.3, -0.25) is 0 Å². The Morgan fingerprint density at radius 1 is 1.33 bits per heavy atom. The number of halogens is 2. The molecular weight excluding hydrogens is 280 g/mol. The van der Waals surface area contributed by atoms with E-state index < -0.39 is 17.7 Å². The minimum Gasteiger partial charge on any atom is -0.490 e. The molecule has 0 bridgehead atoms. The lowest BCUT2D eigenvalue weighted by molar-refractivity contribution is 0.120. The van der Waals surface area contributed by atoms with Crippen LogP contribution < -0.4 is 10.5 Å². The van der Waals surface area contributed by atoms with Crippen molar-refractivity contribution >= 4 is 0 Å². The predicted octanol–water partition coefficient (Wildman–Crippen LogP) is 2.06. The maximum Gasteiger partial charge on any atom is 0.284 e. The fourth-order valence-corrected chi connectivity index (χ4v) is 2.20. The Labute approximate surface area is 119 Å². The van der Waals surface area contributed by atoms with Crippen molar-refractivity contribution in [2.75, 3.05) is 6.61 Å². The molecule has 21 heavy (non-hydrogen) atoms. The van der Waals surface area contributed by atoms with E-state index in [0.717, 1.165) is 19.3 Å². The highest BCUT2D eigenvalue weighted by Crippen LogP contribution is 2.33. The minimum absolute atomic E-state index is 0.0639. The van der Waals surface area contributed by atoms with Crippen LogP contribution in [0.25, 0.3) is 11.4 Å². The van der Waals surface area contributed by atoms with Gasteiger partial charge in [0, 0.05) is 0 Å². The number of nitrogens with zero attached hydrogens (tertiary/aromatic N) is 3. The van der Waals surface area contributed by atoms with E-state index in [4.69, 9.17) is 10.5 Å². The number of aromatic amines is 1. The molecule has 2 aromatic heterocycles. The van der Waals surface area contributed by atoms with Crippen LogP contribution in [-0.2, 0) is 0 Å². The molecule has 3 rings (SSSR count). The van der Waals surface area contributed by atoms with Crippen LogP contribution in [0.1, 0.15) is 31.4 Å². The van der Waals surface area contributed by atoms with Gasteiger partial charge in [-0.15, -0.1) is 0 Å². The molecule has 0 amide bonds. The number of nitrogens with one attached hydrogen (secondary N) is 1. The summed E-state index contributed by atoms with van der Waals surface area (Å²) in [5.74, 6) is 0.0639. The van der Waals surface area contributed by atoms with Crippen LogP contribution in [0.4, 0.5) is 8.78 Å². The van der Waals surface area contributed by atoms with Gasteiger partial charge in [-0.1, -0.05) is 0 Å². The van der Waals surface area contributed by atoms with Crippen LogP contribution >= 0.6 is 0 Å². The zero-order valence-corrected chi connectivity index (χ0v) is 11.2. The Hall–Kier alpha value is -2.09. The third kappa shape index (κ3) is 2.85. The summed E-state index contributed by atoms with van der Waals surface area (Å²) in [7, 11) is 0. The van der Waals surface area contributed by atoms with E-state index >= 15 is 0 Å². The molecular formula is C13H15F2N5O. The van der Waals surface area contributed by atoms with Gasteiger partial charge in [0.2, 0.25) is 0 Å². The van der Waals surface area contributed by atoms with Gasteiger partial charge in [-0.05, 0) is 31.4 Å². The normalized spacial score (nSPS) is 16.8. The van der Waals surface area contributed by atoms with Crippen LogP contribution in [0.2, 0.25) is 0 Å². The zero-order chi connectivity index (χ0) is 14.9. The van der Waals surface area contributed by atoms with Crippen LogP contribution in [0, 0.1) is 0 Å². The molecule has 0 spiro atoms. The third-order valence-corrected chi connectivity index (χ3v) is 3.63. The maximum atomic E-state index is 13.1. The highest BCUT2D eigenvalue weighted by atomic mass is 19.3. The van der Waals surface area contributed by atoms with Gasteiger partial charge in [0.05, 0.1) is 17.4 Å². The van der Waals surface area contributed by atoms with E-state index in [1.165, 1.54) is 12.3 Å². The van der Waals surface area contributed by atoms with Gasteiger partial charge in [-0.2, -0.15) is 15.4 Å². The average molecular weight is 295 g/mol. The molecule has 112 valence electrons. The Bertz CT molecular complexity index is 613. The summed E-state index contributed by atoms with van der Waals surface area (Å²) < 4.78 is 31.8. The first kappa shape index (κ1) is 13.9. The molecule has 1 aliphatic rings. The quantitative estimate of drug-likeness (QED) is 0.881. The van der Waals surface area contributed by atoms with Gasteiger partial charge in [-0.25, -0.2) is 13.8 Å². The maximum absolute atomic E-state index is 13.1. The number of rotatable bonds is 5. The van der Waals surface area contributed by atoms with Crippen molar-refractivity contribution in [1.82, 2.24) is 20.4 Å². The van der Waals surface area contributed by atoms with Gasteiger partial charge >= 0.3 is 0 Å². The molecule has 0 aromatic carbocycles. The Morgan fingerprint density at radius 3 is 2.71 bits per heavy atom. The monoisotopic (exact) mass is 295 g/mol. The molecule has 0 aliphatic heterocycles. The minimum atomic E-state index is -2.73. The summed E-state index contributed by atoms with van der Waals surface area (Å²) in [6, 6.07) is 3.05. The van der Waals surface area contributed by atoms with Crippen molar-refractivity contribution < 1.29 is 13.5 Å². The van der Waals surface area contributed by atoms with E-state index in [-0.39, 0.29) is 12.4 Å². The lowest BCUT2D eigenvalue weighted by Crippen LogP contribution is -2.51. The first-order valence-corrected chi connectivity index (χ1v) is 6.64. The van der Waals surface area contributed by atoms with Crippen LogP contribution in [0.15, 0.2) is 18.3 Å². The number of nitrogens with two attached hydrogens (primary N) is 1. The highest BCUT2D eigenvalue weighted by Gasteiger charge is 2.34. The van der Waals surface area contributed by atoms with E-state index in [2.05, 4.69) is 20.4 Å². The number of ether oxygens (including phenoxy) is 1. The standard InChI is InChI=1S/C13H15F2N5O/c14-12(15)11-10(21-7-13(16)4-1-5-13)3-2-8(18-11)9-6-17-20-19-9/h2-3,6,12H,1,4-5,7,16H2,(H,17,19,20). The SMILES string of the molecule is NC1(COc2ccc(-c3cn[nH]n3)nc2C(F)F)CCC1. The molecule has 0 radical (unpaired) electrons. The molecule has 3 N–H and O–H groups in total. The topological polar surface area (TPSA) is 89.7 Å². The first-order chi connectivity index (χ1) is 10.1. The fraction of sp³-hybridized carbons (Fsp3) is 0.462. The van der Waals surface area contributed by atoms with Gasteiger partial charge < -0.3 is 10.5 Å². The third-order valence-electron chi connectivity index (χ3n) is 3.63. The molecule has 1 aliphatic carbocycles. The number of pyridine rings is 1.